The monoisotopic (exact) mass is 394 g/mol. The summed E-state index contributed by atoms with van der Waals surface area (Å²) in [6.45, 7) is 6.68. The molecule has 0 amide bonds. The van der Waals surface area contributed by atoms with Gasteiger partial charge in [-0.2, -0.15) is 4.98 Å². The number of hydrogen-bond acceptors (Lipinski definition) is 9. The first-order chi connectivity index (χ1) is 14.2. The normalized spacial score (nSPS) is 16.2. The molecule has 1 aromatic carbocycles. The molecule has 1 N–H and O–H groups in total. The van der Waals surface area contributed by atoms with Crippen LogP contribution in [-0.2, 0) is 6.54 Å². The van der Waals surface area contributed by atoms with Gasteiger partial charge in [-0.3, -0.25) is 4.90 Å². The second-order valence-corrected chi connectivity index (χ2v) is 7.14. The average Bonchev–Trinajstić information content (AvgIpc) is 3.37. The summed E-state index contributed by atoms with van der Waals surface area (Å²) >= 11 is 0. The smallest absolute Gasteiger partial charge is 0.231 e. The maximum atomic E-state index is 5.48. The Kier molecular flexibility index (Phi) is 4.65. The van der Waals surface area contributed by atoms with E-state index in [1.807, 2.05) is 25.1 Å². The molecule has 0 saturated carbocycles. The summed E-state index contributed by atoms with van der Waals surface area (Å²) in [5, 5.41) is 7.09. The van der Waals surface area contributed by atoms with Crippen molar-refractivity contribution in [2.45, 2.75) is 13.5 Å². The molecule has 0 unspecified atom stereocenters. The van der Waals surface area contributed by atoms with Crippen LogP contribution in [0.1, 0.15) is 11.3 Å². The number of nitrogens with one attached hydrogen (secondary N) is 1. The van der Waals surface area contributed by atoms with Gasteiger partial charge in [0.15, 0.2) is 17.3 Å². The lowest BCUT2D eigenvalue weighted by Gasteiger charge is -2.34. The van der Waals surface area contributed by atoms with Gasteiger partial charge in [-0.25, -0.2) is 4.98 Å². The van der Waals surface area contributed by atoms with Crippen molar-refractivity contribution < 1.29 is 14.0 Å². The molecule has 5 rings (SSSR count). The van der Waals surface area contributed by atoms with Gasteiger partial charge >= 0.3 is 0 Å². The number of anilines is 3. The minimum Gasteiger partial charge on any atom is -0.454 e. The molecule has 9 heteroatoms. The molecule has 29 heavy (non-hydrogen) atoms. The number of hydrogen-bond donors (Lipinski definition) is 1. The maximum absolute atomic E-state index is 5.48. The summed E-state index contributed by atoms with van der Waals surface area (Å²) < 4.78 is 15.9. The summed E-state index contributed by atoms with van der Waals surface area (Å²) in [6, 6.07) is 9.80. The number of rotatable bonds is 5. The standard InChI is InChI=1S/C20H22N6O3/c1-14-10-19(24-29-14)22-18-4-5-21-20(23-18)26-8-6-25(7-9-26)12-15-2-3-16-17(11-15)28-13-27-16/h2-5,10-11H,6-9,12-13H2,1H3,(H,21,22,23,24). The molecule has 9 nitrogen and oxygen atoms in total. The van der Waals surface area contributed by atoms with Crippen LogP contribution in [0.5, 0.6) is 11.5 Å². The third-order valence-electron chi connectivity index (χ3n) is 5.03. The van der Waals surface area contributed by atoms with Crippen LogP contribution >= 0.6 is 0 Å². The minimum atomic E-state index is 0.307. The van der Waals surface area contributed by atoms with E-state index in [0.717, 1.165) is 55.9 Å². The predicted octanol–water partition coefficient (Wildman–Crippen LogP) is 2.57. The quantitative estimate of drug-likeness (QED) is 0.701. The Hall–Kier alpha value is -3.33. The number of fused-ring (bicyclic) bond motifs is 1. The van der Waals surface area contributed by atoms with Crippen molar-refractivity contribution in [1.29, 1.82) is 0 Å². The Balaban J connectivity index is 1.19. The zero-order valence-corrected chi connectivity index (χ0v) is 16.2. The highest BCUT2D eigenvalue weighted by Gasteiger charge is 2.20. The molecular formula is C20H22N6O3. The lowest BCUT2D eigenvalue weighted by atomic mass is 10.1. The number of ether oxygens (including phenoxy) is 2. The predicted molar refractivity (Wildman–Crippen MR) is 107 cm³/mol. The van der Waals surface area contributed by atoms with Crippen molar-refractivity contribution in [3.63, 3.8) is 0 Å². The van der Waals surface area contributed by atoms with Gasteiger partial charge in [-0.1, -0.05) is 11.2 Å². The van der Waals surface area contributed by atoms with Crippen molar-refractivity contribution in [1.82, 2.24) is 20.0 Å². The second kappa shape index (κ2) is 7.59. The van der Waals surface area contributed by atoms with E-state index in [9.17, 15) is 0 Å². The van der Waals surface area contributed by atoms with Crippen molar-refractivity contribution in [2.24, 2.45) is 0 Å². The summed E-state index contributed by atoms with van der Waals surface area (Å²) in [6.07, 6.45) is 1.76. The van der Waals surface area contributed by atoms with E-state index in [0.29, 0.717) is 18.4 Å². The van der Waals surface area contributed by atoms with E-state index in [-0.39, 0.29) is 0 Å². The largest absolute Gasteiger partial charge is 0.454 e. The number of nitrogens with zero attached hydrogens (tertiary/aromatic N) is 5. The third kappa shape index (κ3) is 3.95. The van der Waals surface area contributed by atoms with Crippen LogP contribution in [0.25, 0.3) is 0 Å². The maximum Gasteiger partial charge on any atom is 0.231 e. The van der Waals surface area contributed by atoms with E-state index in [1.165, 1.54) is 5.56 Å². The molecule has 0 aliphatic carbocycles. The van der Waals surface area contributed by atoms with E-state index in [1.54, 1.807) is 6.20 Å². The fourth-order valence-corrected chi connectivity index (χ4v) is 3.53. The highest BCUT2D eigenvalue weighted by molar-refractivity contribution is 5.53. The Morgan fingerprint density at radius 1 is 1.00 bits per heavy atom. The van der Waals surface area contributed by atoms with Gasteiger partial charge in [0.05, 0.1) is 0 Å². The Bertz CT molecular complexity index is 999. The Morgan fingerprint density at radius 2 is 1.86 bits per heavy atom. The van der Waals surface area contributed by atoms with Gasteiger partial charge in [-0.15, -0.1) is 0 Å². The molecule has 1 saturated heterocycles. The Labute approximate surface area is 168 Å². The molecule has 0 spiro atoms. The fourth-order valence-electron chi connectivity index (χ4n) is 3.53. The summed E-state index contributed by atoms with van der Waals surface area (Å²) in [7, 11) is 0. The number of aryl methyl sites for hydroxylation is 1. The first kappa shape index (κ1) is 17.7. The molecule has 2 aliphatic rings. The van der Waals surface area contributed by atoms with Gasteiger partial charge < -0.3 is 24.2 Å². The molecule has 3 aromatic rings. The van der Waals surface area contributed by atoms with Crippen LogP contribution < -0.4 is 19.7 Å². The summed E-state index contributed by atoms with van der Waals surface area (Å²) in [5.41, 5.74) is 1.23. The summed E-state index contributed by atoms with van der Waals surface area (Å²) in [4.78, 5) is 13.7. The van der Waals surface area contributed by atoms with Crippen LogP contribution in [0.2, 0.25) is 0 Å². The average molecular weight is 394 g/mol. The van der Waals surface area contributed by atoms with Crippen LogP contribution in [-0.4, -0.2) is 53.0 Å². The highest BCUT2D eigenvalue weighted by atomic mass is 16.7. The van der Waals surface area contributed by atoms with Crippen molar-refractivity contribution in [3.05, 3.63) is 47.9 Å². The van der Waals surface area contributed by atoms with Gasteiger partial charge in [0.2, 0.25) is 12.7 Å². The number of piperazine rings is 1. The molecular weight excluding hydrogens is 372 g/mol. The molecule has 0 atom stereocenters. The van der Waals surface area contributed by atoms with Crippen molar-refractivity contribution in [2.75, 3.05) is 43.2 Å². The van der Waals surface area contributed by atoms with E-state index in [2.05, 4.69) is 42.4 Å². The zero-order valence-electron chi connectivity index (χ0n) is 16.2. The van der Waals surface area contributed by atoms with Crippen molar-refractivity contribution >= 4 is 17.6 Å². The van der Waals surface area contributed by atoms with Crippen molar-refractivity contribution in [3.8, 4) is 11.5 Å². The fraction of sp³-hybridized carbons (Fsp3) is 0.350. The van der Waals surface area contributed by atoms with E-state index >= 15 is 0 Å². The third-order valence-corrected chi connectivity index (χ3v) is 5.03. The zero-order chi connectivity index (χ0) is 19.6. The highest BCUT2D eigenvalue weighted by Crippen LogP contribution is 2.33. The van der Waals surface area contributed by atoms with Gasteiger partial charge in [0.25, 0.3) is 0 Å². The minimum absolute atomic E-state index is 0.307. The number of aromatic nitrogens is 3. The first-order valence-corrected chi connectivity index (χ1v) is 9.62. The van der Waals surface area contributed by atoms with Gasteiger partial charge in [-0.05, 0) is 30.7 Å². The topological polar surface area (TPSA) is 88.8 Å². The van der Waals surface area contributed by atoms with Crippen LogP contribution in [0.3, 0.4) is 0 Å². The van der Waals surface area contributed by atoms with Crippen LogP contribution in [0, 0.1) is 6.92 Å². The van der Waals surface area contributed by atoms with E-state index in [4.69, 9.17) is 14.0 Å². The molecule has 2 aliphatic heterocycles. The molecule has 4 heterocycles. The lowest BCUT2D eigenvalue weighted by molar-refractivity contribution is 0.174. The molecule has 0 bridgehead atoms. The summed E-state index contributed by atoms with van der Waals surface area (Å²) in [5.74, 6) is 4.47. The molecule has 2 aromatic heterocycles. The molecule has 1 fully saturated rings. The Morgan fingerprint density at radius 3 is 2.69 bits per heavy atom. The van der Waals surface area contributed by atoms with Crippen LogP contribution in [0.4, 0.5) is 17.6 Å². The molecule has 150 valence electrons. The lowest BCUT2D eigenvalue weighted by Crippen LogP contribution is -2.46. The number of benzene rings is 1. The molecule has 0 radical (unpaired) electrons. The van der Waals surface area contributed by atoms with Gasteiger partial charge in [0, 0.05) is 45.0 Å². The van der Waals surface area contributed by atoms with E-state index < -0.39 is 0 Å². The SMILES string of the molecule is Cc1cc(Nc2ccnc(N3CCN(Cc4ccc5c(c4)OCO5)CC3)n2)no1. The first-order valence-electron chi connectivity index (χ1n) is 9.62. The second-order valence-electron chi connectivity index (χ2n) is 7.14. The van der Waals surface area contributed by atoms with Crippen LogP contribution in [0.15, 0.2) is 41.1 Å². The van der Waals surface area contributed by atoms with Gasteiger partial charge in [0.1, 0.15) is 11.6 Å².